The minimum absolute atomic E-state index is 0. The standard InChI is InChI=1S/C16H22N2O2.ClH/c1-4-11(2)15(17)16(19)18(3)10-13-9-12-7-5-6-8-14(12)20-13;/h5-9,11,15H,4,10,17H2,1-3H3;1H. The summed E-state index contributed by atoms with van der Waals surface area (Å²) in [5.41, 5.74) is 6.82. The minimum atomic E-state index is -0.450. The summed E-state index contributed by atoms with van der Waals surface area (Å²) in [7, 11) is 1.76. The van der Waals surface area contributed by atoms with Crippen molar-refractivity contribution < 1.29 is 9.21 Å². The van der Waals surface area contributed by atoms with Crippen molar-refractivity contribution in [1.29, 1.82) is 0 Å². The molecule has 0 aliphatic carbocycles. The van der Waals surface area contributed by atoms with Gasteiger partial charge in [0.15, 0.2) is 0 Å². The van der Waals surface area contributed by atoms with Crippen LogP contribution in [-0.2, 0) is 11.3 Å². The zero-order chi connectivity index (χ0) is 14.7. The number of hydrogen-bond acceptors (Lipinski definition) is 3. The molecule has 2 atom stereocenters. The number of carbonyl (C=O) groups excluding carboxylic acids is 1. The molecule has 0 fully saturated rings. The molecule has 2 unspecified atom stereocenters. The molecule has 1 heterocycles. The van der Waals surface area contributed by atoms with E-state index in [1.54, 1.807) is 11.9 Å². The van der Waals surface area contributed by atoms with Gasteiger partial charge in [0.05, 0.1) is 12.6 Å². The number of carbonyl (C=O) groups is 1. The summed E-state index contributed by atoms with van der Waals surface area (Å²) in [5, 5.41) is 1.05. The maximum atomic E-state index is 12.2. The van der Waals surface area contributed by atoms with E-state index in [2.05, 4.69) is 0 Å². The molecular formula is C16H23ClN2O2. The molecule has 0 saturated carbocycles. The summed E-state index contributed by atoms with van der Waals surface area (Å²) >= 11 is 0. The van der Waals surface area contributed by atoms with Crippen molar-refractivity contribution in [3.63, 3.8) is 0 Å². The lowest BCUT2D eigenvalue weighted by atomic mass is 9.99. The van der Waals surface area contributed by atoms with E-state index in [0.29, 0.717) is 6.54 Å². The number of nitrogens with zero attached hydrogens (tertiary/aromatic N) is 1. The summed E-state index contributed by atoms with van der Waals surface area (Å²) in [6.07, 6.45) is 0.894. The van der Waals surface area contributed by atoms with Crippen LogP contribution in [-0.4, -0.2) is 23.9 Å². The van der Waals surface area contributed by atoms with Crippen molar-refractivity contribution in [1.82, 2.24) is 4.90 Å². The summed E-state index contributed by atoms with van der Waals surface area (Å²) < 4.78 is 5.72. The molecule has 0 radical (unpaired) electrons. The highest BCUT2D eigenvalue weighted by atomic mass is 35.5. The first-order valence-electron chi connectivity index (χ1n) is 7.01. The summed E-state index contributed by atoms with van der Waals surface area (Å²) in [6.45, 7) is 4.48. The molecule has 21 heavy (non-hydrogen) atoms. The van der Waals surface area contributed by atoms with E-state index in [1.807, 2.05) is 44.2 Å². The smallest absolute Gasteiger partial charge is 0.239 e. The third kappa shape index (κ3) is 3.99. The molecule has 2 aromatic rings. The van der Waals surface area contributed by atoms with Crippen LogP contribution in [0, 0.1) is 5.92 Å². The maximum absolute atomic E-state index is 12.2. The molecule has 1 aromatic carbocycles. The molecule has 2 N–H and O–H groups in total. The average molecular weight is 311 g/mol. The van der Waals surface area contributed by atoms with E-state index in [9.17, 15) is 4.79 Å². The van der Waals surface area contributed by atoms with Crippen molar-refractivity contribution in [2.75, 3.05) is 7.05 Å². The molecule has 0 spiro atoms. The first kappa shape index (κ1) is 17.5. The van der Waals surface area contributed by atoms with Gasteiger partial charge in [-0.15, -0.1) is 12.4 Å². The Morgan fingerprint density at radius 3 is 2.67 bits per heavy atom. The largest absolute Gasteiger partial charge is 0.459 e. The number of furan rings is 1. The zero-order valence-corrected chi connectivity index (χ0v) is 13.5. The molecule has 4 nitrogen and oxygen atoms in total. The van der Waals surface area contributed by atoms with Crippen molar-refractivity contribution >= 4 is 29.3 Å². The number of benzene rings is 1. The normalized spacial score (nSPS) is 13.5. The molecule has 0 aliphatic heterocycles. The van der Waals surface area contributed by atoms with Gasteiger partial charge in [-0.2, -0.15) is 0 Å². The number of likely N-dealkylation sites (N-methyl/N-ethyl adjacent to an activating group) is 1. The molecule has 0 bridgehead atoms. The van der Waals surface area contributed by atoms with Crippen LogP contribution in [0.3, 0.4) is 0 Å². The maximum Gasteiger partial charge on any atom is 0.239 e. The van der Waals surface area contributed by atoms with Gasteiger partial charge in [-0.3, -0.25) is 4.79 Å². The first-order chi connectivity index (χ1) is 9.52. The average Bonchev–Trinajstić information content (AvgIpc) is 2.86. The molecular weight excluding hydrogens is 288 g/mol. The number of amides is 1. The van der Waals surface area contributed by atoms with Crippen LogP contribution < -0.4 is 5.73 Å². The van der Waals surface area contributed by atoms with Gasteiger partial charge in [-0.05, 0) is 18.1 Å². The van der Waals surface area contributed by atoms with E-state index < -0.39 is 6.04 Å². The van der Waals surface area contributed by atoms with Gasteiger partial charge >= 0.3 is 0 Å². The van der Waals surface area contributed by atoms with Gasteiger partial charge in [-0.1, -0.05) is 38.5 Å². The van der Waals surface area contributed by atoms with E-state index in [4.69, 9.17) is 10.2 Å². The van der Waals surface area contributed by atoms with Gasteiger partial charge < -0.3 is 15.1 Å². The highest BCUT2D eigenvalue weighted by molar-refractivity contribution is 5.85. The molecule has 2 rings (SSSR count). The number of halogens is 1. The van der Waals surface area contributed by atoms with Gasteiger partial charge in [0.1, 0.15) is 11.3 Å². The summed E-state index contributed by atoms with van der Waals surface area (Å²) in [4.78, 5) is 13.9. The SMILES string of the molecule is CCC(C)C(N)C(=O)N(C)Cc1cc2ccccc2o1.Cl. The van der Waals surface area contributed by atoms with Crippen LogP contribution in [0.5, 0.6) is 0 Å². The highest BCUT2D eigenvalue weighted by Gasteiger charge is 2.23. The Balaban J connectivity index is 0.00000220. The number of para-hydroxylation sites is 1. The molecule has 0 aliphatic rings. The van der Waals surface area contributed by atoms with Crippen LogP contribution in [0.2, 0.25) is 0 Å². The van der Waals surface area contributed by atoms with Gasteiger partial charge in [0, 0.05) is 12.4 Å². The third-order valence-corrected chi connectivity index (χ3v) is 3.79. The molecule has 116 valence electrons. The number of fused-ring (bicyclic) bond motifs is 1. The number of rotatable bonds is 5. The quantitative estimate of drug-likeness (QED) is 0.922. The van der Waals surface area contributed by atoms with Crippen LogP contribution in [0.25, 0.3) is 11.0 Å². The van der Waals surface area contributed by atoms with Crippen molar-refractivity contribution in [3.05, 3.63) is 36.1 Å². The Labute approximate surface area is 131 Å². The Kier molecular flexibility index (Phi) is 6.24. The zero-order valence-electron chi connectivity index (χ0n) is 12.7. The van der Waals surface area contributed by atoms with Gasteiger partial charge in [-0.25, -0.2) is 0 Å². The fourth-order valence-corrected chi connectivity index (χ4v) is 2.18. The fraction of sp³-hybridized carbons (Fsp3) is 0.438. The second kappa shape index (κ2) is 7.48. The monoisotopic (exact) mass is 310 g/mol. The Morgan fingerprint density at radius 2 is 2.05 bits per heavy atom. The van der Waals surface area contributed by atoms with Gasteiger partial charge in [0.2, 0.25) is 5.91 Å². The predicted molar refractivity (Wildman–Crippen MR) is 87.4 cm³/mol. The molecule has 0 saturated heterocycles. The second-order valence-electron chi connectivity index (χ2n) is 5.36. The Bertz CT molecular complexity index is 564. The van der Waals surface area contributed by atoms with E-state index in [1.165, 1.54) is 0 Å². The number of hydrogen-bond donors (Lipinski definition) is 1. The lowest BCUT2D eigenvalue weighted by Gasteiger charge is -2.23. The number of nitrogens with two attached hydrogens (primary N) is 1. The topological polar surface area (TPSA) is 59.5 Å². The summed E-state index contributed by atoms with van der Waals surface area (Å²) in [6, 6.07) is 9.34. The minimum Gasteiger partial charge on any atom is -0.459 e. The lowest BCUT2D eigenvalue weighted by Crippen LogP contribution is -2.45. The van der Waals surface area contributed by atoms with Crippen LogP contribution in [0.1, 0.15) is 26.0 Å². The molecule has 1 amide bonds. The Morgan fingerprint density at radius 1 is 1.38 bits per heavy atom. The van der Waals surface area contributed by atoms with Crippen molar-refractivity contribution in [3.8, 4) is 0 Å². The van der Waals surface area contributed by atoms with Gasteiger partial charge in [0.25, 0.3) is 0 Å². The van der Waals surface area contributed by atoms with Crippen molar-refractivity contribution in [2.24, 2.45) is 11.7 Å². The van der Waals surface area contributed by atoms with E-state index in [0.717, 1.165) is 23.2 Å². The van der Waals surface area contributed by atoms with Crippen LogP contribution in [0.4, 0.5) is 0 Å². The van der Waals surface area contributed by atoms with Crippen LogP contribution in [0.15, 0.2) is 34.7 Å². The third-order valence-electron chi connectivity index (χ3n) is 3.79. The molecule has 1 aromatic heterocycles. The van der Waals surface area contributed by atoms with Crippen molar-refractivity contribution in [2.45, 2.75) is 32.9 Å². The predicted octanol–water partition coefficient (Wildman–Crippen LogP) is 3.19. The molecule has 5 heteroatoms. The van der Waals surface area contributed by atoms with E-state index >= 15 is 0 Å². The lowest BCUT2D eigenvalue weighted by molar-refractivity contribution is -0.133. The summed E-state index contributed by atoms with van der Waals surface area (Å²) in [5.74, 6) is 0.916. The van der Waals surface area contributed by atoms with Crippen LogP contribution >= 0.6 is 12.4 Å². The van der Waals surface area contributed by atoms with E-state index in [-0.39, 0.29) is 24.2 Å². The Hall–Kier alpha value is -1.52. The first-order valence-corrected chi connectivity index (χ1v) is 7.01. The fourth-order valence-electron chi connectivity index (χ4n) is 2.18. The second-order valence-corrected chi connectivity index (χ2v) is 5.36. The highest BCUT2D eigenvalue weighted by Crippen LogP contribution is 2.20.